The van der Waals surface area contributed by atoms with Crippen molar-refractivity contribution in [2.24, 2.45) is 0 Å². The largest absolute Gasteiger partial charge is 0.465 e. The second kappa shape index (κ2) is 4.53. The first-order chi connectivity index (χ1) is 8.15. The van der Waals surface area contributed by atoms with Crippen molar-refractivity contribution in [1.82, 2.24) is 4.98 Å². The van der Waals surface area contributed by atoms with Gasteiger partial charge in [-0.1, -0.05) is 38.1 Å². The molecule has 0 atom stereocenters. The van der Waals surface area contributed by atoms with Crippen molar-refractivity contribution in [3.63, 3.8) is 0 Å². The summed E-state index contributed by atoms with van der Waals surface area (Å²) >= 11 is 0. The first-order valence-electron chi connectivity index (χ1n) is 5.61. The van der Waals surface area contributed by atoms with Crippen molar-refractivity contribution in [2.75, 3.05) is 7.11 Å². The predicted molar refractivity (Wildman–Crippen MR) is 67.2 cm³/mol. The number of hydrogen-bond acceptors (Lipinski definition) is 3. The molecular weight excluding hydrogens is 214 g/mol. The number of benzene rings is 1. The number of nitrogens with zero attached hydrogens (tertiary/aromatic N) is 1. The third kappa shape index (κ3) is 2.00. The van der Waals surface area contributed by atoms with Gasteiger partial charge in [0.05, 0.1) is 18.4 Å². The number of carbonyl (C=O) groups excluding carboxylic acids is 1. The molecule has 3 heteroatoms. The average molecular weight is 229 g/mol. The summed E-state index contributed by atoms with van der Waals surface area (Å²) in [5.74, 6) is -0.133. The van der Waals surface area contributed by atoms with Gasteiger partial charge in [-0.15, -0.1) is 0 Å². The van der Waals surface area contributed by atoms with Crippen LogP contribution in [0.1, 0.15) is 35.8 Å². The molecule has 0 saturated heterocycles. The second-order valence-electron chi connectivity index (χ2n) is 4.25. The van der Waals surface area contributed by atoms with Crippen LogP contribution in [0.25, 0.3) is 10.8 Å². The summed E-state index contributed by atoms with van der Waals surface area (Å²) in [6.45, 7) is 4.03. The van der Waals surface area contributed by atoms with Gasteiger partial charge in [0.1, 0.15) is 0 Å². The fourth-order valence-electron chi connectivity index (χ4n) is 1.93. The van der Waals surface area contributed by atoms with E-state index in [-0.39, 0.29) is 11.9 Å². The standard InChI is InChI=1S/C14H15NO2/c1-9(2)13-12(14(16)17-3)11-7-5-4-6-10(11)8-15-13/h4-9H,1-3H3. The molecule has 0 spiro atoms. The molecule has 0 aliphatic rings. The molecule has 0 aliphatic carbocycles. The molecule has 17 heavy (non-hydrogen) atoms. The van der Waals surface area contributed by atoms with Crippen LogP contribution < -0.4 is 0 Å². The van der Waals surface area contributed by atoms with Crippen LogP contribution in [-0.2, 0) is 4.74 Å². The number of aromatic nitrogens is 1. The molecule has 0 aliphatic heterocycles. The Morgan fingerprint density at radius 2 is 2.00 bits per heavy atom. The summed E-state index contributed by atoms with van der Waals surface area (Å²) in [6, 6.07) is 7.72. The van der Waals surface area contributed by atoms with E-state index in [4.69, 9.17) is 4.74 Å². The molecule has 0 unspecified atom stereocenters. The van der Waals surface area contributed by atoms with Gasteiger partial charge in [-0.3, -0.25) is 4.98 Å². The molecule has 3 nitrogen and oxygen atoms in total. The maximum atomic E-state index is 11.9. The Labute approximate surface area is 100 Å². The molecule has 0 saturated carbocycles. The lowest BCUT2D eigenvalue weighted by molar-refractivity contribution is 0.0601. The SMILES string of the molecule is COC(=O)c1c(C(C)C)ncc2ccccc12. The quantitative estimate of drug-likeness (QED) is 0.742. The maximum Gasteiger partial charge on any atom is 0.340 e. The third-order valence-electron chi connectivity index (χ3n) is 2.77. The fraction of sp³-hybridized carbons (Fsp3) is 0.286. The van der Waals surface area contributed by atoms with Gasteiger partial charge in [0.2, 0.25) is 0 Å². The molecule has 0 fully saturated rings. The molecule has 1 aromatic heterocycles. The summed E-state index contributed by atoms with van der Waals surface area (Å²) in [6.07, 6.45) is 1.80. The summed E-state index contributed by atoms with van der Waals surface area (Å²) in [4.78, 5) is 16.3. The van der Waals surface area contributed by atoms with E-state index < -0.39 is 0 Å². The van der Waals surface area contributed by atoms with Crippen LogP contribution in [0.2, 0.25) is 0 Å². The highest BCUT2D eigenvalue weighted by Crippen LogP contribution is 2.25. The lowest BCUT2D eigenvalue weighted by atomic mass is 9.98. The van der Waals surface area contributed by atoms with E-state index in [0.717, 1.165) is 16.5 Å². The van der Waals surface area contributed by atoms with Gasteiger partial charge < -0.3 is 4.74 Å². The van der Waals surface area contributed by atoms with Crippen molar-refractivity contribution in [2.45, 2.75) is 19.8 Å². The van der Waals surface area contributed by atoms with E-state index in [9.17, 15) is 4.79 Å². The highest BCUT2D eigenvalue weighted by atomic mass is 16.5. The van der Waals surface area contributed by atoms with E-state index in [1.54, 1.807) is 6.20 Å². The maximum absolute atomic E-state index is 11.9. The van der Waals surface area contributed by atoms with Crippen molar-refractivity contribution in [1.29, 1.82) is 0 Å². The van der Waals surface area contributed by atoms with Gasteiger partial charge >= 0.3 is 5.97 Å². The molecule has 0 radical (unpaired) electrons. The summed E-state index contributed by atoms with van der Waals surface area (Å²) in [7, 11) is 1.40. The van der Waals surface area contributed by atoms with Crippen LogP contribution in [0.4, 0.5) is 0 Å². The fourth-order valence-corrected chi connectivity index (χ4v) is 1.93. The van der Waals surface area contributed by atoms with Crippen LogP contribution in [0.3, 0.4) is 0 Å². The van der Waals surface area contributed by atoms with Crippen molar-refractivity contribution in [3.8, 4) is 0 Å². The average Bonchev–Trinajstić information content (AvgIpc) is 2.36. The first kappa shape index (κ1) is 11.6. The molecule has 2 rings (SSSR count). The number of carbonyl (C=O) groups is 1. The lowest BCUT2D eigenvalue weighted by Gasteiger charge is -2.12. The van der Waals surface area contributed by atoms with Gasteiger partial charge in [0.25, 0.3) is 0 Å². The van der Waals surface area contributed by atoms with Gasteiger partial charge in [-0.05, 0) is 11.3 Å². The molecule has 1 aromatic carbocycles. The Morgan fingerprint density at radius 1 is 1.29 bits per heavy atom. The number of ether oxygens (including phenoxy) is 1. The van der Waals surface area contributed by atoms with Gasteiger partial charge in [0, 0.05) is 11.6 Å². The first-order valence-corrected chi connectivity index (χ1v) is 5.61. The topological polar surface area (TPSA) is 39.2 Å². The number of esters is 1. The van der Waals surface area contributed by atoms with E-state index in [1.807, 2.05) is 38.1 Å². The molecule has 88 valence electrons. The number of hydrogen-bond donors (Lipinski definition) is 0. The zero-order chi connectivity index (χ0) is 12.4. The zero-order valence-electron chi connectivity index (χ0n) is 10.2. The van der Waals surface area contributed by atoms with Gasteiger partial charge in [0.15, 0.2) is 0 Å². The molecule has 0 amide bonds. The highest BCUT2D eigenvalue weighted by molar-refractivity contribution is 6.05. The van der Waals surface area contributed by atoms with E-state index in [0.29, 0.717) is 5.56 Å². The summed E-state index contributed by atoms with van der Waals surface area (Å²) in [5.41, 5.74) is 1.37. The summed E-state index contributed by atoms with van der Waals surface area (Å²) < 4.78 is 4.86. The predicted octanol–water partition coefficient (Wildman–Crippen LogP) is 3.14. The Morgan fingerprint density at radius 3 is 2.65 bits per heavy atom. The van der Waals surface area contributed by atoms with Crippen LogP contribution >= 0.6 is 0 Å². The minimum Gasteiger partial charge on any atom is -0.465 e. The van der Waals surface area contributed by atoms with E-state index >= 15 is 0 Å². The third-order valence-corrected chi connectivity index (χ3v) is 2.77. The molecule has 0 N–H and O–H groups in total. The zero-order valence-corrected chi connectivity index (χ0v) is 10.2. The lowest BCUT2D eigenvalue weighted by Crippen LogP contribution is -2.09. The second-order valence-corrected chi connectivity index (χ2v) is 4.25. The van der Waals surface area contributed by atoms with Crippen molar-refractivity contribution >= 4 is 16.7 Å². The van der Waals surface area contributed by atoms with Crippen molar-refractivity contribution < 1.29 is 9.53 Å². The minimum absolute atomic E-state index is 0.189. The minimum atomic E-state index is -0.321. The van der Waals surface area contributed by atoms with E-state index in [2.05, 4.69) is 4.98 Å². The number of rotatable bonds is 2. The number of methoxy groups -OCH3 is 1. The molecular formula is C14H15NO2. The van der Waals surface area contributed by atoms with Crippen LogP contribution in [0.5, 0.6) is 0 Å². The van der Waals surface area contributed by atoms with Crippen LogP contribution in [-0.4, -0.2) is 18.1 Å². The Kier molecular flexibility index (Phi) is 3.09. The molecule has 0 bridgehead atoms. The van der Waals surface area contributed by atoms with E-state index in [1.165, 1.54) is 7.11 Å². The van der Waals surface area contributed by atoms with Crippen LogP contribution in [0, 0.1) is 0 Å². The van der Waals surface area contributed by atoms with Gasteiger partial charge in [-0.2, -0.15) is 0 Å². The highest BCUT2D eigenvalue weighted by Gasteiger charge is 2.18. The Balaban J connectivity index is 2.79. The normalized spacial score (nSPS) is 10.8. The van der Waals surface area contributed by atoms with Gasteiger partial charge in [-0.25, -0.2) is 4.79 Å². The summed E-state index contributed by atoms with van der Waals surface area (Å²) in [5, 5.41) is 1.86. The smallest absolute Gasteiger partial charge is 0.340 e. The van der Waals surface area contributed by atoms with Crippen molar-refractivity contribution in [3.05, 3.63) is 41.7 Å². The molecule has 1 heterocycles. The number of fused-ring (bicyclic) bond motifs is 1. The Hall–Kier alpha value is -1.90. The molecule has 2 aromatic rings. The Bertz CT molecular complexity index is 561. The van der Waals surface area contributed by atoms with Crippen LogP contribution in [0.15, 0.2) is 30.5 Å². The number of pyridine rings is 1. The monoisotopic (exact) mass is 229 g/mol.